The third-order valence-corrected chi connectivity index (χ3v) is 5.49. The molecule has 0 N–H and O–H groups in total. The lowest BCUT2D eigenvalue weighted by molar-refractivity contribution is -0.159. The van der Waals surface area contributed by atoms with Crippen molar-refractivity contribution >= 4 is 29.5 Å². The molecule has 30 heavy (non-hydrogen) atoms. The first-order chi connectivity index (χ1) is 14.2. The molecule has 2 aromatic rings. The number of hydrogen-bond donors (Lipinski definition) is 0. The number of ether oxygens (including phenoxy) is 3. The van der Waals surface area contributed by atoms with E-state index in [4.69, 9.17) is 14.2 Å². The van der Waals surface area contributed by atoms with Gasteiger partial charge in [0, 0.05) is 12.6 Å². The van der Waals surface area contributed by atoms with Gasteiger partial charge in [-0.2, -0.15) is 0 Å². The number of aliphatic imine (C=N–C) groups is 1. The lowest BCUT2D eigenvalue weighted by atomic mass is 9.89. The van der Waals surface area contributed by atoms with Crippen molar-refractivity contribution in [2.24, 2.45) is 4.99 Å². The molecule has 158 valence electrons. The van der Waals surface area contributed by atoms with E-state index < -0.39 is 17.1 Å². The zero-order chi connectivity index (χ0) is 21.9. The number of carbonyl (C=O) groups is 2. The van der Waals surface area contributed by atoms with E-state index >= 15 is 0 Å². The van der Waals surface area contributed by atoms with Crippen LogP contribution in [0.4, 0.5) is 0 Å². The largest absolute Gasteiger partial charge is 0.496 e. The zero-order valence-corrected chi connectivity index (χ0v) is 18.5. The topological polar surface area (TPSA) is 74.2 Å². The van der Waals surface area contributed by atoms with Gasteiger partial charge in [-0.3, -0.25) is 4.99 Å². The summed E-state index contributed by atoms with van der Waals surface area (Å²) in [6.07, 6.45) is 5.41. The Balaban J connectivity index is 1.96. The summed E-state index contributed by atoms with van der Waals surface area (Å²) in [6, 6.07) is 7.51. The van der Waals surface area contributed by atoms with Crippen molar-refractivity contribution in [3.63, 3.8) is 0 Å². The Morgan fingerprint density at radius 2 is 1.90 bits per heavy atom. The third kappa shape index (κ3) is 4.62. The minimum Gasteiger partial charge on any atom is -0.496 e. The summed E-state index contributed by atoms with van der Waals surface area (Å²) in [7, 11) is 2.95. The Kier molecular flexibility index (Phi) is 6.12. The monoisotopic (exact) mass is 427 g/mol. The van der Waals surface area contributed by atoms with E-state index in [-0.39, 0.29) is 5.97 Å². The Morgan fingerprint density at radius 1 is 1.13 bits per heavy atom. The van der Waals surface area contributed by atoms with Gasteiger partial charge in [0.15, 0.2) is 5.54 Å². The highest BCUT2D eigenvalue weighted by Crippen LogP contribution is 2.34. The second kappa shape index (κ2) is 8.44. The lowest BCUT2D eigenvalue weighted by Crippen LogP contribution is -2.41. The summed E-state index contributed by atoms with van der Waals surface area (Å²) >= 11 is 1.32. The molecular formula is C23H25NO5S. The Bertz CT molecular complexity index is 1000. The van der Waals surface area contributed by atoms with E-state index in [2.05, 4.69) is 4.99 Å². The number of rotatable bonds is 6. The highest BCUT2D eigenvalue weighted by atomic mass is 32.1. The number of esters is 2. The summed E-state index contributed by atoms with van der Waals surface area (Å²) in [5.74, 6) is -0.120. The number of methoxy groups -OCH3 is 2. The number of carbonyl (C=O) groups excluding carboxylic acids is 2. The van der Waals surface area contributed by atoms with Crippen LogP contribution in [0.2, 0.25) is 0 Å². The quantitative estimate of drug-likeness (QED) is 0.636. The van der Waals surface area contributed by atoms with Gasteiger partial charge in [-0.05, 0) is 73.2 Å². The van der Waals surface area contributed by atoms with E-state index in [1.807, 2.05) is 44.4 Å². The van der Waals surface area contributed by atoms with Crippen LogP contribution in [-0.4, -0.2) is 43.5 Å². The molecule has 1 unspecified atom stereocenters. The van der Waals surface area contributed by atoms with Crippen molar-refractivity contribution in [1.82, 2.24) is 0 Å². The Morgan fingerprint density at radius 3 is 2.50 bits per heavy atom. The Labute approximate surface area is 180 Å². The Hall–Kier alpha value is -2.93. The molecular weight excluding hydrogens is 402 g/mol. The van der Waals surface area contributed by atoms with Crippen LogP contribution in [0.15, 0.2) is 46.8 Å². The number of benzene rings is 1. The molecule has 0 fully saturated rings. The van der Waals surface area contributed by atoms with Crippen molar-refractivity contribution in [2.45, 2.75) is 38.3 Å². The predicted molar refractivity (Wildman–Crippen MR) is 118 cm³/mol. The van der Waals surface area contributed by atoms with Gasteiger partial charge in [-0.1, -0.05) is 6.07 Å². The zero-order valence-electron chi connectivity index (χ0n) is 17.7. The first-order valence-corrected chi connectivity index (χ1v) is 10.4. The van der Waals surface area contributed by atoms with Crippen LogP contribution in [0, 0.1) is 0 Å². The van der Waals surface area contributed by atoms with E-state index in [0.29, 0.717) is 17.0 Å². The summed E-state index contributed by atoms with van der Waals surface area (Å²) in [5, 5.41) is 1.90. The van der Waals surface area contributed by atoms with Crippen molar-refractivity contribution in [3.05, 3.63) is 52.2 Å². The lowest BCUT2D eigenvalue weighted by Gasteiger charge is -2.28. The molecule has 1 aromatic heterocycles. The smallest absolute Gasteiger partial charge is 0.348 e. The molecule has 3 rings (SSSR count). The first kappa shape index (κ1) is 21.8. The normalized spacial score (nSPS) is 17.8. The van der Waals surface area contributed by atoms with E-state index in [0.717, 1.165) is 16.7 Å². The minimum atomic E-state index is -1.13. The third-order valence-electron chi connectivity index (χ3n) is 4.58. The molecule has 1 aliphatic rings. The van der Waals surface area contributed by atoms with Gasteiger partial charge in [-0.25, -0.2) is 9.59 Å². The van der Waals surface area contributed by atoms with Crippen LogP contribution in [0.3, 0.4) is 0 Å². The average Bonchev–Trinajstić information content (AvgIpc) is 3.36. The maximum absolute atomic E-state index is 13.0. The van der Waals surface area contributed by atoms with Gasteiger partial charge in [0.05, 0.1) is 14.2 Å². The van der Waals surface area contributed by atoms with Crippen LogP contribution >= 0.6 is 11.3 Å². The molecule has 0 amide bonds. The highest BCUT2D eigenvalue weighted by molar-refractivity contribution is 7.12. The van der Waals surface area contributed by atoms with Gasteiger partial charge in [0.25, 0.3) is 0 Å². The number of nitrogens with zero attached hydrogens (tertiary/aromatic N) is 1. The molecule has 7 heteroatoms. The molecule has 0 spiro atoms. The fraction of sp³-hybridized carbons (Fsp3) is 0.348. The predicted octanol–water partition coefficient (Wildman–Crippen LogP) is 4.47. The molecule has 1 aliphatic heterocycles. The maximum atomic E-state index is 13.0. The molecule has 0 radical (unpaired) electrons. The summed E-state index contributed by atoms with van der Waals surface area (Å²) < 4.78 is 16.0. The standard InChI is InChI=1S/C23H25NO5S/c1-22(2,3)29-21(26)23(9-6-10-24-23)13-16-11-15(7-8-18(16)27-4)17-12-19(30-14-17)20(25)28-5/h6-12,14H,13H2,1-5H3. The van der Waals surface area contributed by atoms with Gasteiger partial charge in [0.1, 0.15) is 16.2 Å². The molecule has 0 aliphatic carbocycles. The highest BCUT2D eigenvalue weighted by Gasteiger charge is 2.41. The fourth-order valence-corrected chi connectivity index (χ4v) is 4.00. The van der Waals surface area contributed by atoms with E-state index in [9.17, 15) is 9.59 Å². The van der Waals surface area contributed by atoms with E-state index in [1.54, 1.807) is 31.5 Å². The summed E-state index contributed by atoms with van der Waals surface area (Å²) in [6.45, 7) is 5.49. The van der Waals surface area contributed by atoms with Crippen LogP contribution in [0.1, 0.15) is 36.0 Å². The number of hydrogen-bond acceptors (Lipinski definition) is 7. The van der Waals surface area contributed by atoms with E-state index in [1.165, 1.54) is 18.4 Å². The fourth-order valence-electron chi connectivity index (χ4n) is 3.17. The SMILES string of the molecule is COC(=O)c1cc(-c2ccc(OC)c(CC3(C(=O)OC(C)(C)C)C=CC=N3)c2)cs1. The van der Waals surface area contributed by atoms with Crippen LogP contribution in [0.25, 0.3) is 11.1 Å². The number of allylic oxidation sites excluding steroid dienone is 1. The minimum absolute atomic E-state index is 0.292. The van der Waals surface area contributed by atoms with Crippen molar-refractivity contribution in [3.8, 4) is 16.9 Å². The molecule has 1 aromatic carbocycles. The second-order valence-electron chi connectivity index (χ2n) is 7.96. The molecule has 0 saturated heterocycles. The van der Waals surface area contributed by atoms with Crippen LogP contribution < -0.4 is 4.74 Å². The molecule has 0 bridgehead atoms. The second-order valence-corrected chi connectivity index (χ2v) is 8.87. The van der Waals surface area contributed by atoms with Crippen molar-refractivity contribution in [1.29, 1.82) is 0 Å². The first-order valence-electron chi connectivity index (χ1n) is 9.48. The summed E-state index contributed by atoms with van der Waals surface area (Å²) in [5.41, 5.74) is 0.854. The number of thiophene rings is 1. The van der Waals surface area contributed by atoms with Crippen LogP contribution in [0.5, 0.6) is 5.75 Å². The van der Waals surface area contributed by atoms with Gasteiger partial charge >= 0.3 is 11.9 Å². The van der Waals surface area contributed by atoms with Gasteiger partial charge in [-0.15, -0.1) is 11.3 Å². The molecule has 0 saturated carbocycles. The maximum Gasteiger partial charge on any atom is 0.348 e. The van der Waals surface area contributed by atoms with Gasteiger partial charge < -0.3 is 14.2 Å². The average molecular weight is 428 g/mol. The van der Waals surface area contributed by atoms with Crippen molar-refractivity contribution in [2.75, 3.05) is 14.2 Å². The summed E-state index contributed by atoms with van der Waals surface area (Å²) in [4.78, 5) is 29.7. The molecule has 6 nitrogen and oxygen atoms in total. The van der Waals surface area contributed by atoms with Gasteiger partial charge in [0.2, 0.25) is 0 Å². The molecule has 2 heterocycles. The van der Waals surface area contributed by atoms with Crippen molar-refractivity contribution < 1.29 is 23.8 Å². The molecule has 1 atom stereocenters. The van der Waals surface area contributed by atoms with Crippen LogP contribution in [-0.2, 0) is 20.7 Å².